The van der Waals surface area contributed by atoms with Gasteiger partial charge in [-0.05, 0) is 35.0 Å². The minimum absolute atomic E-state index is 0.0536. The summed E-state index contributed by atoms with van der Waals surface area (Å²) in [5.74, 6) is -0.659. The standard InChI is InChI=1S/C22H23N3O4S/c1-25(16-21(26)24-19-9-3-2-4-10-19)22(27)13-14-23-30(28,29)20-12-11-17-7-5-6-8-18(17)15-20/h2-12,15,23H,13-14,16H2,1H3,(H,24,26). The zero-order valence-corrected chi connectivity index (χ0v) is 17.4. The van der Waals surface area contributed by atoms with E-state index in [0.717, 1.165) is 10.8 Å². The average molecular weight is 426 g/mol. The summed E-state index contributed by atoms with van der Waals surface area (Å²) in [5.41, 5.74) is 0.645. The summed E-state index contributed by atoms with van der Waals surface area (Å²) in [4.78, 5) is 25.7. The molecule has 0 bridgehead atoms. The van der Waals surface area contributed by atoms with Gasteiger partial charge in [0.1, 0.15) is 0 Å². The number of likely N-dealkylation sites (N-methyl/N-ethyl adjacent to an activating group) is 1. The van der Waals surface area contributed by atoms with Gasteiger partial charge >= 0.3 is 0 Å². The molecule has 0 saturated carbocycles. The van der Waals surface area contributed by atoms with E-state index in [1.54, 1.807) is 36.4 Å². The van der Waals surface area contributed by atoms with Crippen LogP contribution in [0.5, 0.6) is 0 Å². The summed E-state index contributed by atoms with van der Waals surface area (Å²) in [6, 6.07) is 21.3. The van der Waals surface area contributed by atoms with E-state index in [4.69, 9.17) is 0 Å². The van der Waals surface area contributed by atoms with Gasteiger partial charge in [0.05, 0.1) is 11.4 Å². The van der Waals surface area contributed by atoms with Crippen molar-refractivity contribution in [2.75, 3.05) is 25.5 Å². The Morgan fingerprint density at radius 1 is 0.900 bits per heavy atom. The normalized spacial score (nSPS) is 11.2. The summed E-state index contributed by atoms with van der Waals surface area (Å²) in [6.07, 6.45) is -0.0536. The second kappa shape index (κ2) is 9.51. The highest BCUT2D eigenvalue weighted by atomic mass is 32.2. The molecule has 3 aromatic rings. The molecule has 0 aliphatic heterocycles. The Bertz CT molecular complexity index is 1150. The van der Waals surface area contributed by atoms with E-state index in [2.05, 4.69) is 10.0 Å². The smallest absolute Gasteiger partial charge is 0.243 e. The third kappa shape index (κ3) is 5.65. The number of nitrogens with zero attached hydrogens (tertiary/aromatic N) is 1. The molecule has 156 valence electrons. The van der Waals surface area contributed by atoms with Gasteiger partial charge in [0.2, 0.25) is 21.8 Å². The van der Waals surface area contributed by atoms with Crippen LogP contribution in [0.2, 0.25) is 0 Å². The van der Waals surface area contributed by atoms with Crippen molar-refractivity contribution in [1.82, 2.24) is 9.62 Å². The quantitative estimate of drug-likeness (QED) is 0.580. The highest BCUT2D eigenvalue weighted by molar-refractivity contribution is 7.89. The zero-order chi connectivity index (χ0) is 21.6. The molecular formula is C22H23N3O4S. The number of carbonyl (C=O) groups is 2. The number of hydrogen-bond acceptors (Lipinski definition) is 4. The molecule has 0 unspecified atom stereocenters. The van der Waals surface area contributed by atoms with Crippen LogP contribution in [-0.4, -0.2) is 45.3 Å². The van der Waals surface area contributed by atoms with Crippen molar-refractivity contribution in [3.05, 3.63) is 72.8 Å². The predicted molar refractivity (Wildman–Crippen MR) is 116 cm³/mol. The van der Waals surface area contributed by atoms with E-state index < -0.39 is 10.0 Å². The summed E-state index contributed by atoms with van der Waals surface area (Å²) in [6.45, 7) is -0.177. The molecule has 7 nitrogen and oxygen atoms in total. The fourth-order valence-corrected chi connectivity index (χ4v) is 3.99. The summed E-state index contributed by atoms with van der Waals surface area (Å²) >= 11 is 0. The summed E-state index contributed by atoms with van der Waals surface area (Å²) in [7, 11) is -2.23. The number of amides is 2. The molecule has 0 heterocycles. The zero-order valence-electron chi connectivity index (χ0n) is 16.5. The maximum Gasteiger partial charge on any atom is 0.243 e. The van der Waals surface area contributed by atoms with Crippen LogP contribution in [0.15, 0.2) is 77.7 Å². The largest absolute Gasteiger partial charge is 0.336 e. The number of hydrogen-bond donors (Lipinski definition) is 2. The fraction of sp³-hybridized carbons (Fsp3) is 0.182. The lowest BCUT2D eigenvalue weighted by Crippen LogP contribution is -2.37. The summed E-state index contributed by atoms with van der Waals surface area (Å²) in [5, 5.41) is 4.47. The van der Waals surface area contributed by atoms with E-state index >= 15 is 0 Å². The van der Waals surface area contributed by atoms with Crippen molar-refractivity contribution in [3.63, 3.8) is 0 Å². The number of fused-ring (bicyclic) bond motifs is 1. The number of rotatable bonds is 8. The molecule has 0 atom stereocenters. The Balaban J connectivity index is 1.50. The molecule has 0 aliphatic carbocycles. The third-order valence-electron chi connectivity index (χ3n) is 4.53. The second-order valence-corrected chi connectivity index (χ2v) is 8.59. The third-order valence-corrected chi connectivity index (χ3v) is 5.98. The molecule has 0 aromatic heterocycles. The maximum atomic E-state index is 12.5. The molecule has 30 heavy (non-hydrogen) atoms. The van der Waals surface area contributed by atoms with Gasteiger partial charge in [0, 0.05) is 25.7 Å². The van der Waals surface area contributed by atoms with Gasteiger partial charge < -0.3 is 10.2 Å². The number of para-hydroxylation sites is 1. The van der Waals surface area contributed by atoms with Crippen LogP contribution >= 0.6 is 0 Å². The first kappa shape index (κ1) is 21.5. The van der Waals surface area contributed by atoms with Crippen molar-refractivity contribution in [3.8, 4) is 0 Å². The number of sulfonamides is 1. The van der Waals surface area contributed by atoms with Crippen LogP contribution in [-0.2, 0) is 19.6 Å². The van der Waals surface area contributed by atoms with E-state index in [-0.39, 0.29) is 36.2 Å². The van der Waals surface area contributed by atoms with Crippen molar-refractivity contribution >= 4 is 38.3 Å². The Kier molecular flexibility index (Phi) is 6.81. The van der Waals surface area contributed by atoms with Crippen LogP contribution in [0.25, 0.3) is 10.8 Å². The Hall–Kier alpha value is -3.23. The number of anilines is 1. The predicted octanol–water partition coefficient (Wildman–Crippen LogP) is 2.61. The van der Waals surface area contributed by atoms with Crippen LogP contribution in [0, 0.1) is 0 Å². The molecular weight excluding hydrogens is 402 g/mol. The molecule has 2 N–H and O–H groups in total. The number of benzene rings is 3. The van der Waals surface area contributed by atoms with Crippen LogP contribution in [0.1, 0.15) is 6.42 Å². The van der Waals surface area contributed by atoms with Crippen LogP contribution in [0.3, 0.4) is 0 Å². The van der Waals surface area contributed by atoms with Crippen molar-refractivity contribution in [1.29, 1.82) is 0 Å². The SMILES string of the molecule is CN(CC(=O)Nc1ccccc1)C(=O)CCNS(=O)(=O)c1ccc2ccccc2c1. The molecule has 0 spiro atoms. The Morgan fingerprint density at radius 2 is 1.57 bits per heavy atom. The van der Waals surface area contributed by atoms with Crippen LogP contribution in [0.4, 0.5) is 5.69 Å². The highest BCUT2D eigenvalue weighted by Crippen LogP contribution is 2.18. The molecule has 0 saturated heterocycles. The molecule has 8 heteroatoms. The van der Waals surface area contributed by atoms with Gasteiger partial charge in [-0.1, -0.05) is 48.5 Å². The molecule has 3 aromatic carbocycles. The van der Waals surface area contributed by atoms with E-state index in [9.17, 15) is 18.0 Å². The van der Waals surface area contributed by atoms with Gasteiger partial charge in [-0.25, -0.2) is 13.1 Å². The van der Waals surface area contributed by atoms with Gasteiger partial charge in [0.25, 0.3) is 0 Å². The van der Waals surface area contributed by atoms with E-state index in [0.29, 0.717) is 5.69 Å². The average Bonchev–Trinajstić information content (AvgIpc) is 2.73. The first-order valence-corrected chi connectivity index (χ1v) is 10.9. The molecule has 0 aliphatic rings. The molecule has 3 rings (SSSR count). The topological polar surface area (TPSA) is 95.6 Å². The Labute approximate surface area is 175 Å². The fourth-order valence-electron chi connectivity index (χ4n) is 2.93. The molecule has 0 radical (unpaired) electrons. The van der Waals surface area contributed by atoms with E-state index in [1.165, 1.54) is 18.0 Å². The van der Waals surface area contributed by atoms with Crippen molar-refractivity contribution in [2.45, 2.75) is 11.3 Å². The lowest BCUT2D eigenvalue weighted by atomic mass is 10.1. The minimum atomic E-state index is -3.74. The first-order chi connectivity index (χ1) is 14.3. The second-order valence-electron chi connectivity index (χ2n) is 6.82. The van der Waals surface area contributed by atoms with Gasteiger partial charge in [-0.3, -0.25) is 9.59 Å². The number of nitrogens with one attached hydrogen (secondary N) is 2. The molecule has 2 amide bonds. The highest BCUT2D eigenvalue weighted by Gasteiger charge is 2.17. The van der Waals surface area contributed by atoms with E-state index in [1.807, 2.05) is 30.3 Å². The van der Waals surface area contributed by atoms with Crippen LogP contribution < -0.4 is 10.0 Å². The lowest BCUT2D eigenvalue weighted by Gasteiger charge is -2.17. The van der Waals surface area contributed by atoms with Gasteiger partial charge in [-0.15, -0.1) is 0 Å². The molecule has 0 fully saturated rings. The summed E-state index contributed by atoms with van der Waals surface area (Å²) < 4.78 is 27.5. The first-order valence-electron chi connectivity index (χ1n) is 9.42. The van der Waals surface area contributed by atoms with Crippen molar-refractivity contribution < 1.29 is 18.0 Å². The lowest BCUT2D eigenvalue weighted by molar-refractivity contribution is -0.133. The van der Waals surface area contributed by atoms with Gasteiger partial charge in [-0.2, -0.15) is 0 Å². The monoisotopic (exact) mass is 425 g/mol. The van der Waals surface area contributed by atoms with Crippen molar-refractivity contribution in [2.24, 2.45) is 0 Å². The minimum Gasteiger partial charge on any atom is -0.336 e. The maximum absolute atomic E-state index is 12.5. The van der Waals surface area contributed by atoms with Gasteiger partial charge in [0.15, 0.2) is 0 Å². The Morgan fingerprint density at radius 3 is 2.30 bits per heavy atom. The number of carbonyl (C=O) groups excluding carboxylic acids is 2.